The fourth-order valence-electron chi connectivity index (χ4n) is 2.23. The molecule has 1 fully saturated rings. The Kier molecular flexibility index (Phi) is 3.86. The fourth-order valence-corrected chi connectivity index (χ4v) is 3.44. The first-order valence-electron chi connectivity index (χ1n) is 6.86. The van der Waals surface area contributed by atoms with Gasteiger partial charge in [0.2, 0.25) is 10.0 Å². The minimum Gasteiger partial charge on any atom is -0.280 e. The van der Waals surface area contributed by atoms with Gasteiger partial charge in [-0.2, -0.15) is 10.3 Å². The molecule has 0 atom stereocenters. The highest BCUT2D eigenvalue weighted by Crippen LogP contribution is 2.29. The molecule has 2 aromatic rings. The lowest BCUT2D eigenvalue weighted by Crippen LogP contribution is -2.21. The monoisotopic (exact) mass is 311 g/mol. The van der Waals surface area contributed by atoms with Gasteiger partial charge >= 0.3 is 0 Å². The Bertz CT molecular complexity index is 675. The minimum absolute atomic E-state index is 0.160. The van der Waals surface area contributed by atoms with Crippen LogP contribution in [0.3, 0.4) is 0 Å². The van der Waals surface area contributed by atoms with Crippen LogP contribution in [0.25, 0.3) is 0 Å². The van der Waals surface area contributed by atoms with E-state index >= 15 is 0 Å². The van der Waals surface area contributed by atoms with E-state index in [0.717, 1.165) is 19.3 Å². The molecule has 0 amide bonds. The van der Waals surface area contributed by atoms with Gasteiger partial charge in [0.05, 0.1) is 17.6 Å². The summed E-state index contributed by atoms with van der Waals surface area (Å²) in [6.45, 7) is 0.334. The molecule has 1 aliphatic rings. The summed E-state index contributed by atoms with van der Waals surface area (Å²) in [4.78, 5) is 0. The summed E-state index contributed by atoms with van der Waals surface area (Å²) >= 11 is 0. The summed E-state index contributed by atoms with van der Waals surface area (Å²) in [7, 11) is -3.31. The molecule has 0 aromatic carbocycles. The summed E-state index contributed by atoms with van der Waals surface area (Å²) < 4.78 is 28.1. The Morgan fingerprint density at radius 2 is 2.29 bits per heavy atom. The van der Waals surface area contributed by atoms with Crippen LogP contribution in [0.2, 0.25) is 0 Å². The Morgan fingerprint density at radius 3 is 2.95 bits per heavy atom. The van der Waals surface area contributed by atoms with Crippen molar-refractivity contribution in [1.29, 1.82) is 0 Å². The van der Waals surface area contributed by atoms with Crippen molar-refractivity contribution < 1.29 is 8.42 Å². The van der Waals surface area contributed by atoms with Crippen LogP contribution in [0.5, 0.6) is 0 Å². The minimum atomic E-state index is -3.31. The molecule has 3 rings (SSSR count). The highest BCUT2D eigenvalue weighted by molar-refractivity contribution is 7.92. The zero-order valence-corrected chi connectivity index (χ0v) is 12.3. The molecule has 0 saturated heterocycles. The zero-order chi connectivity index (χ0) is 14.7. The van der Waals surface area contributed by atoms with Crippen molar-refractivity contribution in [2.75, 3.05) is 10.5 Å². The van der Waals surface area contributed by atoms with Gasteiger partial charge in [-0.15, -0.1) is 10.2 Å². The highest BCUT2D eigenvalue weighted by atomic mass is 32.2. The second kappa shape index (κ2) is 5.80. The number of aromatic nitrogens is 6. The van der Waals surface area contributed by atoms with Crippen LogP contribution in [-0.4, -0.2) is 44.6 Å². The molecule has 9 nitrogen and oxygen atoms in total. The summed E-state index contributed by atoms with van der Waals surface area (Å²) in [5.74, 6) is 1.22. The Balaban J connectivity index is 1.55. The maximum absolute atomic E-state index is 12.0. The van der Waals surface area contributed by atoms with Crippen LogP contribution in [0, 0.1) is 5.92 Å². The molecule has 1 aliphatic carbocycles. The van der Waals surface area contributed by atoms with Crippen molar-refractivity contribution >= 4 is 15.7 Å². The van der Waals surface area contributed by atoms with Crippen molar-refractivity contribution in [3.63, 3.8) is 0 Å². The van der Waals surface area contributed by atoms with Gasteiger partial charge in [-0.3, -0.25) is 9.40 Å². The number of tetrazole rings is 1. The van der Waals surface area contributed by atoms with Crippen molar-refractivity contribution in [3.8, 4) is 0 Å². The van der Waals surface area contributed by atoms with E-state index in [1.807, 2.05) is 0 Å². The number of H-pyrrole nitrogens is 1. The number of aromatic amines is 1. The SMILES string of the molecule is O=S(=O)(CCC1CCC1)Nc1cnn(Cc2nn[nH]n2)c1. The third-order valence-corrected chi connectivity index (χ3v) is 4.94. The van der Waals surface area contributed by atoms with Gasteiger partial charge in [0, 0.05) is 6.20 Å². The van der Waals surface area contributed by atoms with Gasteiger partial charge < -0.3 is 0 Å². The molecule has 0 unspecified atom stereocenters. The summed E-state index contributed by atoms with van der Waals surface area (Å²) in [5.41, 5.74) is 0.451. The largest absolute Gasteiger partial charge is 0.280 e. The van der Waals surface area contributed by atoms with Gasteiger partial charge in [-0.05, 0) is 12.3 Å². The number of rotatable bonds is 7. The second-order valence-electron chi connectivity index (χ2n) is 5.26. The van der Waals surface area contributed by atoms with E-state index < -0.39 is 10.0 Å². The summed E-state index contributed by atoms with van der Waals surface area (Å²) in [6, 6.07) is 0. The lowest BCUT2D eigenvalue weighted by Gasteiger charge is -2.24. The molecule has 2 N–H and O–H groups in total. The third-order valence-electron chi connectivity index (χ3n) is 3.62. The Labute approximate surface area is 122 Å². The molecule has 21 heavy (non-hydrogen) atoms. The van der Waals surface area contributed by atoms with E-state index in [0.29, 0.717) is 24.0 Å². The normalized spacial score (nSPS) is 15.8. The smallest absolute Gasteiger partial charge is 0.232 e. The van der Waals surface area contributed by atoms with Gasteiger partial charge in [-0.1, -0.05) is 24.5 Å². The Hall–Kier alpha value is -1.97. The first kappa shape index (κ1) is 14.0. The predicted molar refractivity (Wildman–Crippen MR) is 74.9 cm³/mol. The molecule has 0 spiro atoms. The molecule has 2 aromatic heterocycles. The van der Waals surface area contributed by atoms with Crippen molar-refractivity contribution in [3.05, 3.63) is 18.2 Å². The van der Waals surface area contributed by atoms with Crippen LogP contribution >= 0.6 is 0 Å². The van der Waals surface area contributed by atoms with E-state index in [1.165, 1.54) is 12.6 Å². The van der Waals surface area contributed by atoms with Gasteiger partial charge in [0.15, 0.2) is 5.82 Å². The summed E-state index contributed by atoms with van der Waals surface area (Å²) in [6.07, 6.45) is 7.34. The highest BCUT2D eigenvalue weighted by Gasteiger charge is 2.21. The molecular weight excluding hydrogens is 294 g/mol. The molecule has 10 heteroatoms. The van der Waals surface area contributed by atoms with Crippen molar-refractivity contribution in [1.82, 2.24) is 30.4 Å². The first-order valence-corrected chi connectivity index (χ1v) is 8.51. The lowest BCUT2D eigenvalue weighted by molar-refractivity contribution is 0.307. The molecule has 1 saturated carbocycles. The van der Waals surface area contributed by atoms with E-state index in [4.69, 9.17) is 0 Å². The number of nitrogens with one attached hydrogen (secondary N) is 2. The van der Waals surface area contributed by atoms with Crippen molar-refractivity contribution in [2.45, 2.75) is 32.2 Å². The maximum Gasteiger partial charge on any atom is 0.232 e. The van der Waals surface area contributed by atoms with Crippen LogP contribution in [-0.2, 0) is 16.6 Å². The average Bonchev–Trinajstić information content (AvgIpc) is 2.99. The maximum atomic E-state index is 12.0. The molecule has 0 bridgehead atoms. The van der Waals surface area contributed by atoms with Crippen molar-refractivity contribution in [2.24, 2.45) is 5.92 Å². The number of hydrogen-bond acceptors (Lipinski definition) is 6. The van der Waals surface area contributed by atoms with Crippen LogP contribution in [0.15, 0.2) is 12.4 Å². The van der Waals surface area contributed by atoms with E-state index in [-0.39, 0.29) is 5.75 Å². The third kappa shape index (κ3) is 3.78. The van der Waals surface area contributed by atoms with Crippen LogP contribution in [0.1, 0.15) is 31.5 Å². The molecule has 114 valence electrons. The summed E-state index contributed by atoms with van der Waals surface area (Å²) in [5, 5.41) is 17.5. The van der Waals surface area contributed by atoms with E-state index in [1.54, 1.807) is 10.9 Å². The quantitative estimate of drug-likeness (QED) is 0.763. The predicted octanol–water partition coefficient (Wildman–Crippen LogP) is 0.376. The number of sulfonamides is 1. The average molecular weight is 311 g/mol. The topological polar surface area (TPSA) is 118 Å². The molecule has 2 heterocycles. The zero-order valence-electron chi connectivity index (χ0n) is 11.4. The molecular formula is C11H17N7O2S. The first-order chi connectivity index (χ1) is 10.1. The van der Waals surface area contributed by atoms with Crippen LogP contribution in [0.4, 0.5) is 5.69 Å². The van der Waals surface area contributed by atoms with Gasteiger partial charge in [0.1, 0.15) is 6.54 Å². The van der Waals surface area contributed by atoms with Gasteiger partial charge in [0.25, 0.3) is 0 Å². The number of anilines is 1. The van der Waals surface area contributed by atoms with E-state index in [2.05, 4.69) is 30.4 Å². The fraction of sp³-hybridized carbons (Fsp3) is 0.636. The lowest BCUT2D eigenvalue weighted by atomic mass is 9.84. The number of nitrogens with zero attached hydrogens (tertiary/aromatic N) is 5. The van der Waals surface area contributed by atoms with E-state index in [9.17, 15) is 8.42 Å². The van der Waals surface area contributed by atoms with Gasteiger partial charge in [-0.25, -0.2) is 8.42 Å². The van der Waals surface area contributed by atoms with Crippen LogP contribution < -0.4 is 4.72 Å². The Morgan fingerprint density at radius 1 is 1.43 bits per heavy atom. The second-order valence-corrected chi connectivity index (χ2v) is 7.10. The number of hydrogen-bond donors (Lipinski definition) is 2. The molecule has 0 aliphatic heterocycles. The standard InChI is InChI=1S/C11H17N7O2S/c19-21(20,5-4-9-2-1-3-9)15-10-6-12-18(7-10)8-11-13-16-17-14-11/h6-7,9,15H,1-5,8H2,(H,13,14,16,17). The molecule has 0 radical (unpaired) electrons.